The Morgan fingerprint density at radius 3 is 2.65 bits per heavy atom. The Labute approximate surface area is 122 Å². The van der Waals surface area contributed by atoms with Crippen molar-refractivity contribution in [2.75, 3.05) is 18.1 Å². The fourth-order valence-electron chi connectivity index (χ4n) is 1.98. The zero-order valence-corrected chi connectivity index (χ0v) is 12.0. The van der Waals surface area contributed by atoms with Crippen molar-refractivity contribution in [2.24, 2.45) is 0 Å². The standard InChI is InChI=1S/C15H18FNO2S/c16-13-4-1-12(2-5-13)3-6-14(18)17-11-15(19)7-9-20-10-8-15/h1-6,19H,7-11H2,(H,17,18). The van der Waals surface area contributed by atoms with Crippen molar-refractivity contribution in [1.82, 2.24) is 5.32 Å². The molecule has 0 saturated carbocycles. The lowest BCUT2D eigenvalue weighted by molar-refractivity contribution is -0.117. The summed E-state index contributed by atoms with van der Waals surface area (Å²) >= 11 is 1.82. The van der Waals surface area contributed by atoms with Gasteiger partial charge in [-0.3, -0.25) is 4.79 Å². The predicted molar refractivity (Wildman–Crippen MR) is 80.0 cm³/mol. The summed E-state index contributed by atoms with van der Waals surface area (Å²) in [6, 6.07) is 5.90. The fraction of sp³-hybridized carbons (Fsp3) is 0.400. The average molecular weight is 295 g/mol. The average Bonchev–Trinajstić information content (AvgIpc) is 2.45. The minimum Gasteiger partial charge on any atom is -0.388 e. The van der Waals surface area contributed by atoms with E-state index in [9.17, 15) is 14.3 Å². The third kappa shape index (κ3) is 4.65. The van der Waals surface area contributed by atoms with Gasteiger partial charge in [-0.1, -0.05) is 12.1 Å². The third-order valence-corrected chi connectivity index (χ3v) is 4.30. The van der Waals surface area contributed by atoms with Crippen molar-refractivity contribution < 1.29 is 14.3 Å². The Hall–Kier alpha value is -1.33. The summed E-state index contributed by atoms with van der Waals surface area (Å²) in [5.41, 5.74) is -0.0146. The molecule has 2 N–H and O–H groups in total. The highest BCUT2D eigenvalue weighted by molar-refractivity contribution is 7.99. The number of carbonyl (C=O) groups excluding carboxylic acids is 1. The van der Waals surface area contributed by atoms with Crippen LogP contribution in [0.5, 0.6) is 0 Å². The van der Waals surface area contributed by atoms with Crippen LogP contribution in [0.2, 0.25) is 0 Å². The maximum absolute atomic E-state index is 12.7. The number of carbonyl (C=O) groups is 1. The molecule has 108 valence electrons. The second-order valence-corrected chi connectivity index (χ2v) is 6.16. The number of amides is 1. The molecule has 1 aliphatic rings. The van der Waals surface area contributed by atoms with Crippen LogP contribution in [-0.2, 0) is 4.79 Å². The molecule has 3 nitrogen and oxygen atoms in total. The molecule has 0 aromatic heterocycles. The van der Waals surface area contributed by atoms with E-state index >= 15 is 0 Å². The van der Waals surface area contributed by atoms with E-state index in [1.54, 1.807) is 18.2 Å². The summed E-state index contributed by atoms with van der Waals surface area (Å²) in [4.78, 5) is 11.7. The molecule has 1 heterocycles. The molecule has 1 aromatic carbocycles. The number of hydrogen-bond donors (Lipinski definition) is 2. The van der Waals surface area contributed by atoms with Gasteiger partial charge in [0.25, 0.3) is 0 Å². The highest BCUT2D eigenvalue weighted by Gasteiger charge is 2.29. The van der Waals surface area contributed by atoms with E-state index in [-0.39, 0.29) is 18.3 Å². The van der Waals surface area contributed by atoms with Crippen LogP contribution >= 0.6 is 11.8 Å². The second kappa shape index (κ2) is 6.90. The number of nitrogens with one attached hydrogen (secondary N) is 1. The van der Waals surface area contributed by atoms with Gasteiger partial charge < -0.3 is 10.4 Å². The quantitative estimate of drug-likeness (QED) is 0.837. The van der Waals surface area contributed by atoms with E-state index in [1.165, 1.54) is 18.2 Å². The minimum absolute atomic E-state index is 0.249. The molecule has 0 aliphatic carbocycles. The lowest BCUT2D eigenvalue weighted by Gasteiger charge is -2.31. The molecule has 0 bridgehead atoms. The number of hydrogen-bond acceptors (Lipinski definition) is 3. The van der Waals surface area contributed by atoms with Crippen LogP contribution in [0.25, 0.3) is 6.08 Å². The second-order valence-electron chi connectivity index (χ2n) is 4.94. The molecule has 1 fully saturated rings. The van der Waals surface area contributed by atoms with Gasteiger partial charge in [-0.05, 0) is 48.1 Å². The van der Waals surface area contributed by atoms with Crippen LogP contribution < -0.4 is 5.32 Å². The SMILES string of the molecule is O=C(C=Cc1ccc(F)cc1)NCC1(O)CCSCC1. The van der Waals surface area contributed by atoms with E-state index in [0.717, 1.165) is 17.1 Å². The van der Waals surface area contributed by atoms with Gasteiger partial charge in [0, 0.05) is 12.6 Å². The van der Waals surface area contributed by atoms with E-state index in [4.69, 9.17) is 0 Å². The Balaban J connectivity index is 1.81. The molecule has 1 aliphatic heterocycles. The lowest BCUT2D eigenvalue weighted by atomic mass is 9.97. The molecular weight excluding hydrogens is 277 g/mol. The number of halogens is 1. The Bertz CT molecular complexity index is 481. The monoisotopic (exact) mass is 295 g/mol. The highest BCUT2D eigenvalue weighted by atomic mass is 32.2. The van der Waals surface area contributed by atoms with Crippen molar-refractivity contribution in [3.05, 3.63) is 41.7 Å². The zero-order valence-electron chi connectivity index (χ0n) is 11.1. The Kier molecular flexibility index (Phi) is 5.20. The summed E-state index contributed by atoms with van der Waals surface area (Å²) < 4.78 is 12.7. The molecular formula is C15H18FNO2S. The summed E-state index contributed by atoms with van der Waals surface area (Å²) in [6.45, 7) is 0.278. The van der Waals surface area contributed by atoms with Crippen molar-refractivity contribution in [3.8, 4) is 0 Å². The first-order valence-corrected chi connectivity index (χ1v) is 7.75. The van der Waals surface area contributed by atoms with E-state index in [1.807, 2.05) is 11.8 Å². The fourth-order valence-corrected chi connectivity index (χ4v) is 3.24. The summed E-state index contributed by atoms with van der Waals surface area (Å²) in [6.07, 6.45) is 4.43. The van der Waals surface area contributed by atoms with Crippen molar-refractivity contribution in [1.29, 1.82) is 0 Å². The summed E-state index contributed by atoms with van der Waals surface area (Å²) in [5, 5.41) is 13.0. The molecule has 1 aromatic rings. The summed E-state index contributed by atoms with van der Waals surface area (Å²) in [7, 11) is 0. The molecule has 0 atom stereocenters. The molecule has 1 saturated heterocycles. The number of aliphatic hydroxyl groups is 1. The molecule has 0 unspecified atom stereocenters. The number of benzene rings is 1. The highest BCUT2D eigenvalue weighted by Crippen LogP contribution is 2.26. The normalized spacial score (nSPS) is 18.1. The van der Waals surface area contributed by atoms with Crippen molar-refractivity contribution in [2.45, 2.75) is 18.4 Å². The molecule has 1 amide bonds. The molecule has 0 spiro atoms. The molecule has 20 heavy (non-hydrogen) atoms. The van der Waals surface area contributed by atoms with Gasteiger partial charge >= 0.3 is 0 Å². The van der Waals surface area contributed by atoms with Crippen molar-refractivity contribution >= 4 is 23.7 Å². The first-order valence-electron chi connectivity index (χ1n) is 6.59. The van der Waals surface area contributed by atoms with Gasteiger partial charge in [0.1, 0.15) is 5.82 Å². The maximum atomic E-state index is 12.7. The lowest BCUT2D eigenvalue weighted by Crippen LogP contribution is -2.44. The van der Waals surface area contributed by atoms with Crippen LogP contribution in [0.3, 0.4) is 0 Å². The van der Waals surface area contributed by atoms with E-state index in [0.29, 0.717) is 12.8 Å². The molecule has 5 heteroatoms. The predicted octanol–water partition coefficient (Wildman–Crippen LogP) is 2.21. The third-order valence-electron chi connectivity index (χ3n) is 3.31. The number of thioether (sulfide) groups is 1. The molecule has 2 rings (SSSR count). The minimum atomic E-state index is -0.773. The smallest absolute Gasteiger partial charge is 0.244 e. The molecule has 0 radical (unpaired) electrons. The maximum Gasteiger partial charge on any atom is 0.244 e. The van der Waals surface area contributed by atoms with Crippen LogP contribution in [0, 0.1) is 5.82 Å². The van der Waals surface area contributed by atoms with Gasteiger partial charge in [0.2, 0.25) is 5.91 Å². The van der Waals surface area contributed by atoms with Crippen LogP contribution in [-0.4, -0.2) is 34.7 Å². The topological polar surface area (TPSA) is 49.3 Å². The van der Waals surface area contributed by atoms with Crippen LogP contribution in [0.1, 0.15) is 18.4 Å². The largest absolute Gasteiger partial charge is 0.388 e. The Morgan fingerprint density at radius 2 is 2.00 bits per heavy atom. The van der Waals surface area contributed by atoms with Crippen molar-refractivity contribution in [3.63, 3.8) is 0 Å². The van der Waals surface area contributed by atoms with Crippen LogP contribution in [0.15, 0.2) is 30.3 Å². The first kappa shape index (κ1) is 15.1. The van der Waals surface area contributed by atoms with Gasteiger partial charge in [-0.15, -0.1) is 0 Å². The number of rotatable bonds is 4. The van der Waals surface area contributed by atoms with Gasteiger partial charge in [0.15, 0.2) is 0 Å². The van der Waals surface area contributed by atoms with Crippen LogP contribution in [0.4, 0.5) is 4.39 Å². The van der Waals surface area contributed by atoms with Gasteiger partial charge in [-0.25, -0.2) is 4.39 Å². The summed E-state index contributed by atoms with van der Waals surface area (Å²) in [5.74, 6) is 1.31. The first-order chi connectivity index (χ1) is 9.57. The van der Waals surface area contributed by atoms with E-state index in [2.05, 4.69) is 5.32 Å². The Morgan fingerprint density at radius 1 is 1.35 bits per heavy atom. The van der Waals surface area contributed by atoms with Gasteiger partial charge in [-0.2, -0.15) is 11.8 Å². The van der Waals surface area contributed by atoms with Gasteiger partial charge in [0.05, 0.1) is 5.60 Å². The van der Waals surface area contributed by atoms with E-state index < -0.39 is 5.60 Å². The zero-order chi connectivity index (χ0) is 14.4.